The summed E-state index contributed by atoms with van der Waals surface area (Å²) in [6, 6.07) is 11.6. The lowest BCUT2D eigenvalue weighted by Crippen LogP contribution is -2.12. The molecule has 0 aliphatic heterocycles. The molecule has 2 aromatic heterocycles. The Bertz CT molecular complexity index is 1230. The summed E-state index contributed by atoms with van der Waals surface area (Å²) in [6.45, 7) is 0. The Hall–Kier alpha value is -3.32. The molecular weight excluding hydrogens is 404 g/mol. The molecule has 0 fully saturated rings. The minimum atomic E-state index is -0.795. The number of nitrogens with one attached hydrogen (secondary N) is 1. The molecule has 1 aliphatic rings. The number of benzene rings is 2. The molecule has 2 heterocycles. The molecular formula is C23H17F2N3OS. The Balaban J connectivity index is 1.53. The fourth-order valence-electron chi connectivity index (χ4n) is 3.78. The van der Waals surface area contributed by atoms with Crippen molar-refractivity contribution in [2.24, 2.45) is 0 Å². The zero-order valence-corrected chi connectivity index (χ0v) is 16.7. The SMILES string of the molecule is O=C(Nc1c(F)cccc1F)c1cc2c(s1)-c1cc(-n3ccnc3)ccc1CCC2. The van der Waals surface area contributed by atoms with Gasteiger partial charge in [0.2, 0.25) is 0 Å². The monoisotopic (exact) mass is 421 g/mol. The number of hydrogen-bond acceptors (Lipinski definition) is 3. The fraction of sp³-hybridized carbons (Fsp3) is 0.130. The number of amides is 1. The maximum absolute atomic E-state index is 13.9. The molecule has 5 rings (SSSR count). The molecule has 0 spiro atoms. The average molecular weight is 421 g/mol. The van der Waals surface area contributed by atoms with E-state index in [1.807, 2.05) is 16.8 Å². The Morgan fingerprint density at radius 3 is 2.63 bits per heavy atom. The topological polar surface area (TPSA) is 46.9 Å². The zero-order chi connectivity index (χ0) is 20.7. The highest BCUT2D eigenvalue weighted by Crippen LogP contribution is 2.40. The fourth-order valence-corrected chi connectivity index (χ4v) is 4.94. The number of halogens is 2. The van der Waals surface area contributed by atoms with E-state index in [4.69, 9.17) is 0 Å². The van der Waals surface area contributed by atoms with Gasteiger partial charge in [-0.15, -0.1) is 11.3 Å². The van der Waals surface area contributed by atoms with Crippen molar-refractivity contribution in [1.29, 1.82) is 0 Å². The second-order valence-electron chi connectivity index (χ2n) is 7.18. The van der Waals surface area contributed by atoms with Crippen LogP contribution in [0.3, 0.4) is 0 Å². The van der Waals surface area contributed by atoms with Crippen LogP contribution in [0.25, 0.3) is 16.1 Å². The third kappa shape index (κ3) is 3.31. The highest BCUT2D eigenvalue weighted by atomic mass is 32.1. The van der Waals surface area contributed by atoms with Gasteiger partial charge in [0.05, 0.1) is 11.2 Å². The molecule has 0 bridgehead atoms. The quantitative estimate of drug-likeness (QED) is 0.467. The van der Waals surface area contributed by atoms with E-state index in [2.05, 4.69) is 28.5 Å². The first-order valence-corrected chi connectivity index (χ1v) is 10.4. The van der Waals surface area contributed by atoms with Gasteiger partial charge < -0.3 is 9.88 Å². The lowest BCUT2D eigenvalue weighted by atomic mass is 10.0. The van der Waals surface area contributed by atoms with Gasteiger partial charge in [0.25, 0.3) is 5.91 Å². The summed E-state index contributed by atoms with van der Waals surface area (Å²) in [6.07, 6.45) is 8.15. The summed E-state index contributed by atoms with van der Waals surface area (Å²) in [7, 11) is 0. The summed E-state index contributed by atoms with van der Waals surface area (Å²) in [5, 5.41) is 2.39. The molecule has 1 N–H and O–H groups in total. The highest BCUT2D eigenvalue weighted by Gasteiger charge is 2.22. The Labute approximate surface area is 175 Å². The van der Waals surface area contributed by atoms with Gasteiger partial charge in [0.15, 0.2) is 0 Å². The summed E-state index contributed by atoms with van der Waals surface area (Å²) in [5.74, 6) is -2.10. The first-order valence-electron chi connectivity index (χ1n) is 9.60. The number of rotatable bonds is 3. The van der Waals surface area contributed by atoms with Gasteiger partial charge in [-0.25, -0.2) is 13.8 Å². The second kappa shape index (κ2) is 7.50. The van der Waals surface area contributed by atoms with Gasteiger partial charge in [-0.05, 0) is 66.3 Å². The molecule has 0 atom stereocenters. The van der Waals surface area contributed by atoms with Crippen molar-refractivity contribution < 1.29 is 13.6 Å². The van der Waals surface area contributed by atoms with Crippen LogP contribution in [-0.4, -0.2) is 15.5 Å². The van der Waals surface area contributed by atoms with Crippen LogP contribution in [0.4, 0.5) is 14.5 Å². The second-order valence-corrected chi connectivity index (χ2v) is 8.23. The van der Waals surface area contributed by atoms with Crippen molar-refractivity contribution in [1.82, 2.24) is 9.55 Å². The van der Waals surface area contributed by atoms with Crippen LogP contribution < -0.4 is 5.32 Å². The van der Waals surface area contributed by atoms with E-state index in [9.17, 15) is 13.6 Å². The number of anilines is 1. The summed E-state index contributed by atoms with van der Waals surface area (Å²) in [5.41, 5.74) is 3.97. The molecule has 0 saturated heterocycles. The molecule has 4 aromatic rings. The van der Waals surface area contributed by atoms with Gasteiger partial charge >= 0.3 is 0 Å². The molecule has 2 aromatic carbocycles. The minimum absolute atomic E-state index is 0.422. The van der Waals surface area contributed by atoms with E-state index in [0.717, 1.165) is 53.1 Å². The standard InChI is InChI=1S/C23H17F2N3OS/c24-18-5-2-6-19(25)21(18)27-23(29)20-11-15-4-1-3-14-7-8-16(28-10-9-26-13-28)12-17(14)22(15)30-20/h2,5-13H,1,3-4H2,(H,27,29). The van der Waals surface area contributed by atoms with Crippen LogP contribution in [0.15, 0.2) is 61.2 Å². The number of imidazole rings is 1. The number of aryl methyl sites for hydroxylation is 2. The Morgan fingerprint density at radius 2 is 1.87 bits per heavy atom. The number of thiophene rings is 1. The molecule has 4 nitrogen and oxygen atoms in total. The summed E-state index contributed by atoms with van der Waals surface area (Å²) >= 11 is 1.35. The molecule has 7 heteroatoms. The smallest absolute Gasteiger partial charge is 0.265 e. The predicted molar refractivity (Wildman–Crippen MR) is 113 cm³/mol. The maximum Gasteiger partial charge on any atom is 0.265 e. The van der Waals surface area contributed by atoms with Gasteiger partial charge in [-0.1, -0.05) is 12.1 Å². The van der Waals surface area contributed by atoms with E-state index in [0.29, 0.717) is 4.88 Å². The molecule has 1 amide bonds. The number of carbonyl (C=O) groups excluding carboxylic acids is 1. The third-order valence-electron chi connectivity index (χ3n) is 5.27. The number of aromatic nitrogens is 2. The third-order valence-corrected chi connectivity index (χ3v) is 6.48. The van der Waals surface area contributed by atoms with Gasteiger partial charge in [-0.3, -0.25) is 4.79 Å². The minimum Gasteiger partial charge on any atom is -0.316 e. The Kier molecular flexibility index (Phi) is 4.67. The molecule has 0 unspecified atom stereocenters. The Morgan fingerprint density at radius 1 is 1.07 bits per heavy atom. The van der Waals surface area contributed by atoms with Crippen molar-refractivity contribution in [2.45, 2.75) is 19.3 Å². The van der Waals surface area contributed by atoms with Gasteiger partial charge in [0.1, 0.15) is 17.3 Å². The van der Waals surface area contributed by atoms with Crippen LogP contribution in [0, 0.1) is 11.6 Å². The van der Waals surface area contributed by atoms with Gasteiger partial charge in [-0.2, -0.15) is 0 Å². The van der Waals surface area contributed by atoms with E-state index in [1.54, 1.807) is 12.5 Å². The van der Waals surface area contributed by atoms with Crippen LogP contribution in [-0.2, 0) is 12.8 Å². The van der Waals surface area contributed by atoms with Crippen molar-refractivity contribution in [3.05, 3.63) is 88.8 Å². The molecule has 1 aliphatic carbocycles. The average Bonchev–Trinajstić information content (AvgIpc) is 3.39. The van der Waals surface area contributed by atoms with Crippen molar-refractivity contribution in [2.75, 3.05) is 5.32 Å². The summed E-state index contributed by atoms with van der Waals surface area (Å²) in [4.78, 5) is 18.3. The van der Waals surface area contributed by atoms with E-state index in [-0.39, 0.29) is 0 Å². The molecule has 0 saturated carbocycles. The normalized spacial score (nSPS) is 12.7. The van der Waals surface area contributed by atoms with Crippen molar-refractivity contribution >= 4 is 22.9 Å². The molecule has 0 radical (unpaired) electrons. The highest BCUT2D eigenvalue weighted by molar-refractivity contribution is 7.17. The number of carbonyl (C=O) groups is 1. The van der Waals surface area contributed by atoms with Gasteiger partial charge in [0, 0.05) is 23.0 Å². The summed E-state index contributed by atoms with van der Waals surface area (Å²) < 4.78 is 29.8. The maximum atomic E-state index is 13.9. The zero-order valence-electron chi connectivity index (χ0n) is 15.9. The van der Waals surface area contributed by atoms with Crippen molar-refractivity contribution in [3.63, 3.8) is 0 Å². The van der Waals surface area contributed by atoms with Crippen LogP contribution in [0.1, 0.15) is 27.2 Å². The predicted octanol–water partition coefficient (Wildman–Crippen LogP) is 5.62. The molecule has 150 valence electrons. The number of nitrogens with zero attached hydrogens (tertiary/aromatic N) is 2. The van der Waals surface area contributed by atoms with E-state index in [1.165, 1.54) is 23.0 Å². The first kappa shape index (κ1) is 18.7. The lowest BCUT2D eigenvalue weighted by Gasteiger charge is -2.10. The first-order chi connectivity index (χ1) is 14.6. The van der Waals surface area contributed by atoms with Crippen LogP contribution in [0.2, 0.25) is 0 Å². The number of fused-ring (bicyclic) bond motifs is 3. The van der Waals surface area contributed by atoms with Crippen LogP contribution in [0.5, 0.6) is 0 Å². The molecule has 30 heavy (non-hydrogen) atoms. The van der Waals surface area contributed by atoms with Crippen LogP contribution >= 0.6 is 11.3 Å². The lowest BCUT2D eigenvalue weighted by molar-refractivity contribution is 0.102. The number of para-hydroxylation sites is 1. The van der Waals surface area contributed by atoms with Crippen molar-refractivity contribution in [3.8, 4) is 16.1 Å². The van der Waals surface area contributed by atoms with E-state index >= 15 is 0 Å². The largest absolute Gasteiger partial charge is 0.316 e. The van der Waals surface area contributed by atoms with E-state index < -0.39 is 23.2 Å². The number of hydrogen-bond donors (Lipinski definition) is 1.